The molecule has 0 radical (unpaired) electrons. The molecule has 5 amide bonds. The van der Waals surface area contributed by atoms with Crippen molar-refractivity contribution in [2.75, 3.05) is 55.6 Å². The van der Waals surface area contributed by atoms with Gasteiger partial charge in [0.05, 0.1) is 33.5 Å². The van der Waals surface area contributed by atoms with E-state index in [1.165, 1.54) is 6.07 Å². The SMILES string of the molecule is CC1(C)C(NC(=O)c2cccc(F)c2N2CCC(CN3CCN(c4ccc5c(c4)C(=O)N(C4CCC(=O)NC4=O)C5=O)CC3)CC2)C(C)(C)C1Oc1ccc(C#N)c2ncccc12. The number of anilines is 2. The second-order valence-corrected chi connectivity index (χ2v) is 18.7. The van der Waals surface area contributed by atoms with Gasteiger partial charge in [0.15, 0.2) is 0 Å². The van der Waals surface area contributed by atoms with Gasteiger partial charge in [-0.15, -0.1) is 0 Å². The summed E-state index contributed by atoms with van der Waals surface area (Å²) in [5.74, 6) is -1.79. The Morgan fingerprint density at radius 2 is 1.62 bits per heavy atom. The second kappa shape index (κ2) is 16.1. The molecule has 15 heteroatoms. The monoisotopic (exact) mass is 854 g/mol. The first-order chi connectivity index (χ1) is 30.2. The number of aromatic nitrogens is 1. The summed E-state index contributed by atoms with van der Waals surface area (Å²) in [7, 11) is 0. The van der Waals surface area contributed by atoms with E-state index < -0.39 is 46.3 Å². The van der Waals surface area contributed by atoms with Gasteiger partial charge in [0, 0.05) is 86.4 Å². The number of benzene rings is 3. The summed E-state index contributed by atoms with van der Waals surface area (Å²) in [6, 6.07) is 18.1. The molecular formula is C48H51FN8O6. The number of nitrogens with zero attached hydrogens (tertiary/aromatic N) is 6. The number of nitriles is 1. The Balaban J connectivity index is 0.792. The van der Waals surface area contributed by atoms with E-state index in [9.17, 15) is 29.2 Å². The van der Waals surface area contributed by atoms with E-state index in [0.29, 0.717) is 47.1 Å². The van der Waals surface area contributed by atoms with Gasteiger partial charge in [-0.1, -0.05) is 33.8 Å². The topological polar surface area (TPSA) is 168 Å². The fourth-order valence-corrected chi connectivity index (χ4v) is 11.0. The third kappa shape index (κ3) is 7.33. The third-order valence-corrected chi connectivity index (χ3v) is 14.0. The van der Waals surface area contributed by atoms with Crippen LogP contribution in [0.1, 0.15) is 90.0 Å². The molecule has 1 unspecified atom stereocenters. The molecule has 3 saturated heterocycles. The highest BCUT2D eigenvalue weighted by molar-refractivity contribution is 6.23. The summed E-state index contributed by atoms with van der Waals surface area (Å²) in [6.07, 6.45) is 3.25. The number of hydrogen-bond donors (Lipinski definition) is 2. The Morgan fingerprint density at radius 3 is 2.33 bits per heavy atom. The van der Waals surface area contributed by atoms with Crippen LogP contribution in [0.15, 0.2) is 66.9 Å². The average molecular weight is 855 g/mol. The lowest BCUT2D eigenvalue weighted by Gasteiger charge is -2.63. The first kappa shape index (κ1) is 41.9. The Bertz CT molecular complexity index is 2570. The van der Waals surface area contributed by atoms with Gasteiger partial charge < -0.3 is 19.9 Å². The number of ether oxygens (including phenoxy) is 1. The number of fused-ring (bicyclic) bond motifs is 2. The molecule has 0 bridgehead atoms. The van der Waals surface area contributed by atoms with E-state index in [1.807, 2.05) is 23.1 Å². The van der Waals surface area contributed by atoms with Crippen LogP contribution < -0.4 is 25.2 Å². The highest BCUT2D eigenvalue weighted by Gasteiger charge is 2.64. The summed E-state index contributed by atoms with van der Waals surface area (Å²) < 4.78 is 22.4. The van der Waals surface area contributed by atoms with Crippen molar-refractivity contribution < 1.29 is 33.1 Å². The second-order valence-electron chi connectivity index (χ2n) is 18.7. The molecule has 14 nitrogen and oxygen atoms in total. The van der Waals surface area contributed by atoms with Gasteiger partial charge in [0.25, 0.3) is 17.7 Å². The van der Waals surface area contributed by atoms with Crippen molar-refractivity contribution in [1.29, 1.82) is 5.26 Å². The van der Waals surface area contributed by atoms with E-state index >= 15 is 4.39 Å². The smallest absolute Gasteiger partial charge is 0.262 e. The first-order valence-electron chi connectivity index (χ1n) is 21.8. The number of pyridine rings is 1. The Kier molecular flexibility index (Phi) is 10.7. The average Bonchev–Trinajstić information content (AvgIpc) is 3.52. The number of rotatable bonds is 9. The molecule has 1 aromatic heterocycles. The van der Waals surface area contributed by atoms with E-state index in [0.717, 1.165) is 61.5 Å². The van der Waals surface area contributed by atoms with E-state index in [4.69, 9.17) is 4.74 Å². The van der Waals surface area contributed by atoms with Gasteiger partial charge >= 0.3 is 0 Å². The van der Waals surface area contributed by atoms with Crippen LogP contribution in [0.2, 0.25) is 0 Å². The van der Waals surface area contributed by atoms with Crippen LogP contribution in [0.4, 0.5) is 15.8 Å². The van der Waals surface area contributed by atoms with Crippen LogP contribution in [0.25, 0.3) is 10.9 Å². The van der Waals surface area contributed by atoms with Crippen molar-refractivity contribution in [1.82, 2.24) is 25.4 Å². The molecule has 4 fully saturated rings. The zero-order valence-electron chi connectivity index (χ0n) is 35.9. The van der Waals surface area contributed by atoms with Gasteiger partial charge in [-0.2, -0.15) is 5.26 Å². The van der Waals surface area contributed by atoms with E-state index in [2.05, 4.69) is 59.2 Å². The summed E-state index contributed by atoms with van der Waals surface area (Å²) in [4.78, 5) is 76.9. The molecular weight excluding hydrogens is 804 g/mol. The number of amides is 5. The largest absolute Gasteiger partial charge is 0.488 e. The lowest BCUT2D eigenvalue weighted by atomic mass is 9.49. The number of carbonyl (C=O) groups is 5. The summed E-state index contributed by atoms with van der Waals surface area (Å²) in [5.41, 5.74) is 2.10. The molecule has 2 N–H and O–H groups in total. The standard InChI is InChI=1S/C48H51FN8O6/c1-47(2)45(48(3,4)46(47)63-37-14-10-29(26-50)39-32(37)8-6-18-51-39)53-41(59)33-7-5-9-35(49)40(33)56-19-16-28(17-20-56)27-54-21-23-55(24-22-54)30-11-12-31-34(25-30)44(62)57(43(31)61)36-13-15-38(58)52-42(36)60/h5-12,14,18,25,28,36,45-46H,13,15-17,19-24,27H2,1-4H3,(H,53,59)(H,52,58,60). The molecule has 0 spiro atoms. The number of piperazine rings is 1. The lowest BCUT2D eigenvalue weighted by Crippen LogP contribution is -2.74. The molecule has 4 aliphatic heterocycles. The molecule has 1 saturated carbocycles. The van der Waals surface area contributed by atoms with Gasteiger partial charge in [0.2, 0.25) is 11.8 Å². The van der Waals surface area contributed by atoms with Crippen LogP contribution in [0, 0.1) is 33.9 Å². The summed E-state index contributed by atoms with van der Waals surface area (Å²) in [6.45, 7) is 13.5. The fraction of sp³-hybridized carbons (Fsp3) is 0.438. The van der Waals surface area contributed by atoms with Crippen molar-refractivity contribution in [2.45, 2.75) is 71.6 Å². The number of carbonyl (C=O) groups excluding carboxylic acids is 5. The van der Waals surface area contributed by atoms with Crippen LogP contribution in [0.5, 0.6) is 5.75 Å². The van der Waals surface area contributed by atoms with Crippen LogP contribution in [0.3, 0.4) is 0 Å². The number of halogens is 1. The number of para-hydroxylation sites is 1. The quantitative estimate of drug-likeness (QED) is 0.210. The van der Waals surface area contributed by atoms with Crippen molar-refractivity contribution in [2.24, 2.45) is 16.7 Å². The van der Waals surface area contributed by atoms with Gasteiger partial charge in [-0.25, -0.2) is 4.39 Å². The zero-order valence-corrected chi connectivity index (χ0v) is 35.9. The van der Waals surface area contributed by atoms with Crippen LogP contribution >= 0.6 is 0 Å². The Morgan fingerprint density at radius 1 is 0.889 bits per heavy atom. The van der Waals surface area contributed by atoms with E-state index in [1.54, 1.807) is 42.6 Å². The maximum Gasteiger partial charge on any atom is 0.262 e. The summed E-state index contributed by atoms with van der Waals surface area (Å²) in [5, 5.41) is 15.9. The van der Waals surface area contributed by atoms with Crippen LogP contribution in [-0.2, 0) is 9.59 Å². The lowest BCUT2D eigenvalue weighted by molar-refractivity contribution is -0.163. The molecule has 4 aromatic rings. The third-order valence-electron chi connectivity index (χ3n) is 14.0. The predicted molar refractivity (Wildman–Crippen MR) is 233 cm³/mol. The zero-order chi connectivity index (χ0) is 44.4. The minimum absolute atomic E-state index is 0.0703. The minimum Gasteiger partial charge on any atom is -0.488 e. The predicted octanol–water partition coefficient (Wildman–Crippen LogP) is 5.30. The Labute approximate surface area is 365 Å². The highest BCUT2D eigenvalue weighted by atomic mass is 19.1. The molecule has 5 aliphatic rings. The molecule has 63 heavy (non-hydrogen) atoms. The van der Waals surface area contributed by atoms with Crippen molar-refractivity contribution in [3.63, 3.8) is 0 Å². The number of nitrogens with one attached hydrogen (secondary N) is 2. The Hall–Kier alpha value is -6.40. The van der Waals surface area contributed by atoms with Crippen molar-refractivity contribution in [3.05, 3.63) is 94.9 Å². The molecule has 5 heterocycles. The van der Waals surface area contributed by atoms with Gasteiger partial charge in [-0.05, 0) is 79.8 Å². The maximum absolute atomic E-state index is 15.8. The molecule has 9 rings (SSSR count). The van der Waals surface area contributed by atoms with Crippen LogP contribution in [-0.4, -0.2) is 108 Å². The molecule has 1 aliphatic carbocycles. The number of imide groups is 2. The molecule has 326 valence electrons. The number of hydrogen-bond acceptors (Lipinski definition) is 11. The van der Waals surface area contributed by atoms with Crippen molar-refractivity contribution in [3.8, 4) is 11.8 Å². The van der Waals surface area contributed by atoms with Crippen molar-refractivity contribution >= 4 is 51.8 Å². The molecule has 1 atom stereocenters. The number of piperidine rings is 2. The minimum atomic E-state index is -1.00. The van der Waals surface area contributed by atoms with Gasteiger partial charge in [-0.3, -0.25) is 44.1 Å². The van der Waals surface area contributed by atoms with E-state index in [-0.39, 0.29) is 42.0 Å². The maximum atomic E-state index is 15.8. The highest BCUT2D eigenvalue weighted by Crippen LogP contribution is 2.56. The van der Waals surface area contributed by atoms with Gasteiger partial charge in [0.1, 0.15) is 29.8 Å². The first-order valence-corrected chi connectivity index (χ1v) is 21.8. The fourth-order valence-electron chi connectivity index (χ4n) is 11.0. The molecule has 3 aromatic carbocycles. The normalized spacial score (nSPS) is 23.6. The summed E-state index contributed by atoms with van der Waals surface area (Å²) >= 11 is 0.